The molecule has 0 spiro atoms. The molecule has 0 bridgehead atoms. The van der Waals surface area contributed by atoms with E-state index in [2.05, 4.69) is 25.8 Å². The first-order valence-electron chi connectivity index (χ1n) is 4.42. The number of H-pyrrole nitrogens is 1. The first kappa shape index (κ1) is 10.1. The number of aromatic amines is 1. The molecular formula is C9H17N3O. The molecular weight excluding hydrogens is 166 g/mol. The normalized spacial score (nSPS) is 14.5. The van der Waals surface area contributed by atoms with Crippen LogP contribution in [-0.2, 0) is 0 Å². The molecule has 4 heteroatoms. The van der Waals surface area contributed by atoms with E-state index in [-0.39, 0.29) is 17.1 Å². The van der Waals surface area contributed by atoms with Gasteiger partial charge in [-0.25, -0.2) is 4.79 Å². The molecule has 0 fully saturated rings. The number of rotatable bonds is 2. The summed E-state index contributed by atoms with van der Waals surface area (Å²) in [6.07, 6.45) is 3.38. The summed E-state index contributed by atoms with van der Waals surface area (Å²) in [5.41, 5.74) is 5.55. The maximum Gasteiger partial charge on any atom is 0.325 e. The molecule has 1 rings (SSSR count). The zero-order valence-corrected chi connectivity index (χ0v) is 8.37. The van der Waals surface area contributed by atoms with Crippen LogP contribution in [0.25, 0.3) is 0 Å². The molecule has 0 amide bonds. The Balaban J connectivity index is 3.05. The molecule has 3 N–H and O–H groups in total. The van der Waals surface area contributed by atoms with E-state index in [1.54, 1.807) is 17.0 Å². The lowest BCUT2D eigenvalue weighted by molar-refractivity contribution is 0.244. The van der Waals surface area contributed by atoms with Gasteiger partial charge in [0.05, 0.1) is 6.04 Å². The molecule has 13 heavy (non-hydrogen) atoms. The molecule has 0 aromatic carbocycles. The number of nitrogens with two attached hydrogens (primary N) is 1. The number of imidazole rings is 1. The van der Waals surface area contributed by atoms with Crippen molar-refractivity contribution in [1.29, 1.82) is 0 Å². The van der Waals surface area contributed by atoms with Crippen LogP contribution in [0.5, 0.6) is 0 Å². The Bertz CT molecular complexity index is 318. The maximum absolute atomic E-state index is 11.3. The van der Waals surface area contributed by atoms with Gasteiger partial charge >= 0.3 is 5.69 Å². The van der Waals surface area contributed by atoms with E-state index in [9.17, 15) is 4.79 Å². The van der Waals surface area contributed by atoms with Crippen molar-refractivity contribution in [3.05, 3.63) is 22.9 Å². The van der Waals surface area contributed by atoms with Crippen molar-refractivity contribution in [2.45, 2.75) is 26.8 Å². The molecule has 0 saturated heterocycles. The van der Waals surface area contributed by atoms with Gasteiger partial charge in [-0.1, -0.05) is 20.8 Å². The molecule has 74 valence electrons. The highest BCUT2D eigenvalue weighted by Crippen LogP contribution is 2.27. The summed E-state index contributed by atoms with van der Waals surface area (Å²) in [4.78, 5) is 13.9. The Labute approximate surface area is 77.8 Å². The minimum atomic E-state index is -0.0922. The largest absolute Gasteiger partial charge is 0.328 e. The van der Waals surface area contributed by atoms with Gasteiger partial charge in [0, 0.05) is 18.9 Å². The summed E-state index contributed by atoms with van der Waals surface area (Å²) in [5, 5.41) is 0. The summed E-state index contributed by atoms with van der Waals surface area (Å²) in [6, 6.07) is 0.0475. The number of hydrogen-bond donors (Lipinski definition) is 2. The van der Waals surface area contributed by atoms with Gasteiger partial charge in [-0.3, -0.25) is 4.57 Å². The summed E-state index contributed by atoms with van der Waals surface area (Å²) in [6.45, 7) is 6.69. The summed E-state index contributed by atoms with van der Waals surface area (Å²) >= 11 is 0. The van der Waals surface area contributed by atoms with Crippen molar-refractivity contribution >= 4 is 0 Å². The Kier molecular flexibility index (Phi) is 2.61. The van der Waals surface area contributed by atoms with Gasteiger partial charge in [-0.05, 0) is 5.41 Å². The molecule has 4 nitrogen and oxygen atoms in total. The van der Waals surface area contributed by atoms with Gasteiger partial charge in [-0.15, -0.1) is 0 Å². The Morgan fingerprint density at radius 1 is 1.62 bits per heavy atom. The van der Waals surface area contributed by atoms with Gasteiger partial charge in [0.25, 0.3) is 0 Å². The Hall–Kier alpha value is -1.03. The minimum absolute atomic E-state index is 0.000764. The fraction of sp³-hybridized carbons (Fsp3) is 0.667. The quantitative estimate of drug-likeness (QED) is 0.709. The predicted molar refractivity (Wildman–Crippen MR) is 52.6 cm³/mol. The van der Waals surface area contributed by atoms with Crippen molar-refractivity contribution < 1.29 is 0 Å². The molecule has 0 saturated carbocycles. The number of nitrogens with zero attached hydrogens (tertiary/aromatic N) is 1. The SMILES string of the molecule is CC(C)(C)C(CN)n1cc[nH]c1=O. The van der Waals surface area contributed by atoms with Crippen molar-refractivity contribution in [2.24, 2.45) is 11.1 Å². The molecule has 0 aliphatic heterocycles. The van der Waals surface area contributed by atoms with Crippen molar-refractivity contribution in [3.63, 3.8) is 0 Å². The first-order valence-corrected chi connectivity index (χ1v) is 4.42. The van der Waals surface area contributed by atoms with Gasteiger partial charge in [0.2, 0.25) is 0 Å². The summed E-state index contributed by atoms with van der Waals surface area (Å²) in [7, 11) is 0. The number of aromatic nitrogens is 2. The zero-order chi connectivity index (χ0) is 10.1. The fourth-order valence-corrected chi connectivity index (χ4v) is 1.46. The van der Waals surface area contributed by atoms with Gasteiger partial charge in [0.1, 0.15) is 0 Å². The minimum Gasteiger partial charge on any atom is -0.328 e. The topological polar surface area (TPSA) is 63.8 Å². The maximum atomic E-state index is 11.3. The van der Waals surface area contributed by atoms with Crippen LogP contribution in [0.15, 0.2) is 17.2 Å². The monoisotopic (exact) mass is 183 g/mol. The second kappa shape index (κ2) is 3.38. The van der Waals surface area contributed by atoms with Crippen LogP contribution in [0.1, 0.15) is 26.8 Å². The van der Waals surface area contributed by atoms with Gasteiger partial charge in [0.15, 0.2) is 0 Å². The Morgan fingerprint density at radius 2 is 2.23 bits per heavy atom. The van der Waals surface area contributed by atoms with Crippen LogP contribution >= 0.6 is 0 Å². The molecule has 0 radical (unpaired) electrons. The molecule has 0 aliphatic rings. The molecule has 1 aromatic rings. The summed E-state index contributed by atoms with van der Waals surface area (Å²) in [5.74, 6) is 0. The highest BCUT2D eigenvalue weighted by atomic mass is 16.1. The third-order valence-corrected chi connectivity index (χ3v) is 2.24. The van der Waals surface area contributed by atoms with Crippen LogP contribution in [-0.4, -0.2) is 16.1 Å². The van der Waals surface area contributed by atoms with E-state index in [4.69, 9.17) is 5.73 Å². The number of nitrogens with one attached hydrogen (secondary N) is 1. The van der Waals surface area contributed by atoms with Crippen LogP contribution in [0.4, 0.5) is 0 Å². The lowest BCUT2D eigenvalue weighted by Gasteiger charge is -2.29. The number of hydrogen-bond acceptors (Lipinski definition) is 2. The van der Waals surface area contributed by atoms with E-state index >= 15 is 0 Å². The van der Waals surface area contributed by atoms with Crippen LogP contribution in [0, 0.1) is 5.41 Å². The van der Waals surface area contributed by atoms with Crippen molar-refractivity contribution in [3.8, 4) is 0 Å². The van der Waals surface area contributed by atoms with Gasteiger partial charge < -0.3 is 10.7 Å². The van der Waals surface area contributed by atoms with Crippen LogP contribution in [0.2, 0.25) is 0 Å². The second-order valence-corrected chi connectivity index (χ2v) is 4.29. The predicted octanol–water partition coefficient (Wildman–Crippen LogP) is 0.722. The summed E-state index contributed by atoms with van der Waals surface area (Å²) < 4.78 is 1.65. The van der Waals surface area contributed by atoms with E-state index in [0.717, 1.165) is 0 Å². The fourth-order valence-electron chi connectivity index (χ4n) is 1.46. The van der Waals surface area contributed by atoms with Crippen LogP contribution < -0.4 is 11.4 Å². The van der Waals surface area contributed by atoms with Crippen LogP contribution in [0.3, 0.4) is 0 Å². The lowest BCUT2D eigenvalue weighted by Crippen LogP contribution is -2.36. The third-order valence-electron chi connectivity index (χ3n) is 2.24. The molecule has 1 aromatic heterocycles. The smallest absolute Gasteiger partial charge is 0.325 e. The van der Waals surface area contributed by atoms with E-state index in [1.807, 2.05) is 0 Å². The van der Waals surface area contributed by atoms with Crippen molar-refractivity contribution in [1.82, 2.24) is 9.55 Å². The molecule has 1 atom stereocenters. The first-order chi connectivity index (χ1) is 5.96. The van der Waals surface area contributed by atoms with E-state index in [0.29, 0.717) is 6.54 Å². The third kappa shape index (κ3) is 2.01. The average molecular weight is 183 g/mol. The van der Waals surface area contributed by atoms with Gasteiger partial charge in [-0.2, -0.15) is 0 Å². The van der Waals surface area contributed by atoms with E-state index in [1.165, 1.54) is 0 Å². The highest BCUT2D eigenvalue weighted by molar-refractivity contribution is 4.87. The second-order valence-electron chi connectivity index (χ2n) is 4.29. The molecule has 0 aliphatic carbocycles. The lowest BCUT2D eigenvalue weighted by atomic mass is 9.87. The zero-order valence-electron chi connectivity index (χ0n) is 8.37. The van der Waals surface area contributed by atoms with Crippen molar-refractivity contribution in [2.75, 3.05) is 6.54 Å². The standard InChI is InChI=1S/C9H17N3O/c1-9(2,3)7(6-10)12-5-4-11-8(12)13/h4-5,7H,6,10H2,1-3H3,(H,11,13). The molecule has 1 heterocycles. The highest BCUT2D eigenvalue weighted by Gasteiger charge is 2.25. The van der Waals surface area contributed by atoms with E-state index < -0.39 is 0 Å². The average Bonchev–Trinajstić information content (AvgIpc) is 2.35. The molecule has 1 unspecified atom stereocenters. The Morgan fingerprint density at radius 3 is 2.54 bits per heavy atom.